The summed E-state index contributed by atoms with van der Waals surface area (Å²) in [4.78, 5) is 12.4. The first-order chi connectivity index (χ1) is 15.2. The van der Waals surface area contributed by atoms with Crippen molar-refractivity contribution < 1.29 is 14.3 Å². The fourth-order valence-electron chi connectivity index (χ4n) is 3.11. The van der Waals surface area contributed by atoms with Gasteiger partial charge in [-0.1, -0.05) is 30.4 Å². The second-order valence-corrected chi connectivity index (χ2v) is 8.28. The highest BCUT2D eigenvalue weighted by Gasteiger charge is 2.23. The lowest BCUT2D eigenvalue weighted by Gasteiger charge is -2.27. The monoisotopic (exact) mass is 456 g/mol. The number of amides is 2. The van der Waals surface area contributed by atoms with Crippen LogP contribution in [0, 0.1) is 0 Å². The number of urea groups is 1. The third kappa shape index (κ3) is 7.16. The predicted molar refractivity (Wildman–Crippen MR) is 133 cm³/mol. The van der Waals surface area contributed by atoms with Gasteiger partial charge in [0.15, 0.2) is 5.11 Å². The van der Waals surface area contributed by atoms with E-state index in [2.05, 4.69) is 28.1 Å². The van der Waals surface area contributed by atoms with Crippen molar-refractivity contribution in [3.05, 3.63) is 65.7 Å². The first-order valence-electron chi connectivity index (χ1n) is 10.3. The molecule has 0 saturated carbocycles. The first kappa shape index (κ1) is 25.0. The van der Waals surface area contributed by atoms with Gasteiger partial charge in [-0.25, -0.2) is 10.2 Å². The van der Waals surface area contributed by atoms with Crippen molar-refractivity contribution in [1.82, 2.24) is 21.5 Å². The Morgan fingerprint density at radius 1 is 1.09 bits per heavy atom. The molecular formula is C24H32N4O3S. The lowest BCUT2D eigenvalue weighted by Crippen LogP contribution is -2.54. The number of hydrogen-bond acceptors (Lipinski definition) is 4. The lowest BCUT2D eigenvalue weighted by atomic mass is 9.92. The molecular weight excluding hydrogens is 424 g/mol. The van der Waals surface area contributed by atoms with Gasteiger partial charge >= 0.3 is 6.03 Å². The van der Waals surface area contributed by atoms with Gasteiger partial charge < -0.3 is 20.1 Å². The maximum atomic E-state index is 12.4. The van der Waals surface area contributed by atoms with E-state index >= 15 is 0 Å². The number of rotatable bonds is 8. The summed E-state index contributed by atoms with van der Waals surface area (Å²) in [6.45, 7) is 10.3. The van der Waals surface area contributed by atoms with Crippen molar-refractivity contribution in [1.29, 1.82) is 0 Å². The number of hydrogen-bond donors (Lipinski definition) is 4. The Morgan fingerprint density at radius 3 is 2.50 bits per heavy atom. The minimum Gasteiger partial charge on any atom is -0.497 e. The third-order valence-electron chi connectivity index (χ3n) is 4.96. The molecule has 0 aliphatic rings. The van der Waals surface area contributed by atoms with Crippen molar-refractivity contribution in [3.8, 4) is 11.5 Å². The van der Waals surface area contributed by atoms with E-state index < -0.39 is 11.6 Å². The van der Waals surface area contributed by atoms with Gasteiger partial charge in [-0.2, -0.15) is 0 Å². The summed E-state index contributed by atoms with van der Waals surface area (Å²) in [6.07, 6.45) is 0.667. The highest BCUT2D eigenvalue weighted by Crippen LogP contribution is 2.24. The van der Waals surface area contributed by atoms with Crippen molar-refractivity contribution >= 4 is 28.9 Å². The molecule has 0 fully saturated rings. The van der Waals surface area contributed by atoms with E-state index in [0.717, 1.165) is 33.8 Å². The van der Waals surface area contributed by atoms with Crippen molar-refractivity contribution in [3.63, 3.8) is 0 Å². The van der Waals surface area contributed by atoms with E-state index in [-0.39, 0.29) is 0 Å². The second-order valence-electron chi connectivity index (χ2n) is 7.87. The second kappa shape index (κ2) is 11.4. The zero-order valence-corrected chi connectivity index (χ0v) is 20.1. The minimum absolute atomic E-state index is 0.309. The molecule has 2 rings (SSSR count). The Balaban J connectivity index is 1.82. The zero-order chi connectivity index (χ0) is 23.7. The minimum atomic E-state index is -0.588. The van der Waals surface area contributed by atoms with E-state index in [1.807, 2.05) is 63.2 Å². The highest BCUT2D eigenvalue weighted by molar-refractivity contribution is 7.80. The van der Waals surface area contributed by atoms with Crippen LogP contribution in [0.1, 0.15) is 37.5 Å². The summed E-state index contributed by atoms with van der Waals surface area (Å²) in [5.41, 5.74) is 8.66. The topological polar surface area (TPSA) is 83.7 Å². The summed E-state index contributed by atoms with van der Waals surface area (Å²) in [5, 5.41) is 6.31. The van der Waals surface area contributed by atoms with E-state index in [1.165, 1.54) is 0 Å². The van der Waals surface area contributed by atoms with Gasteiger partial charge in [0.2, 0.25) is 0 Å². The number of hydrazine groups is 1. The standard InChI is InChI=1S/C24H32N4O3S/c1-16(2)17-8-7-9-19(14-17)24(3,4)26-22(29)27-28-23(32)25-13-12-18-15-20(30-5)10-11-21(18)31-6/h7-11,14-15H,1,12-13H2,2-6H3,(H2,25,28,32)(H2,26,27,29). The van der Waals surface area contributed by atoms with Gasteiger partial charge in [0.05, 0.1) is 19.8 Å². The molecule has 0 spiro atoms. The van der Waals surface area contributed by atoms with E-state index in [9.17, 15) is 4.79 Å². The highest BCUT2D eigenvalue weighted by atomic mass is 32.1. The summed E-state index contributed by atoms with van der Waals surface area (Å²) >= 11 is 5.25. The average Bonchev–Trinajstić information content (AvgIpc) is 2.77. The van der Waals surface area contributed by atoms with Gasteiger partial charge in [0.25, 0.3) is 0 Å². The van der Waals surface area contributed by atoms with Crippen LogP contribution in [0.15, 0.2) is 49.0 Å². The molecule has 0 bridgehead atoms. The van der Waals surface area contributed by atoms with Gasteiger partial charge in [-0.15, -0.1) is 0 Å². The van der Waals surface area contributed by atoms with Crippen LogP contribution in [0.3, 0.4) is 0 Å². The number of thiocarbonyl (C=S) groups is 1. The first-order valence-corrected chi connectivity index (χ1v) is 10.7. The average molecular weight is 457 g/mol. The van der Waals surface area contributed by atoms with Crippen molar-refractivity contribution in [2.24, 2.45) is 0 Å². The molecule has 32 heavy (non-hydrogen) atoms. The zero-order valence-electron chi connectivity index (χ0n) is 19.3. The van der Waals surface area contributed by atoms with E-state index in [4.69, 9.17) is 21.7 Å². The number of methoxy groups -OCH3 is 2. The molecule has 0 aliphatic heterocycles. The number of ether oxygens (including phenoxy) is 2. The van der Waals surface area contributed by atoms with Gasteiger partial charge in [-0.3, -0.25) is 5.43 Å². The van der Waals surface area contributed by atoms with Crippen LogP contribution >= 0.6 is 12.2 Å². The lowest BCUT2D eigenvalue weighted by molar-refractivity contribution is 0.228. The molecule has 0 atom stereocenters. The Hall–Kier alpha value is -3.26. The van der Waals surface area contributed by atoms with Crippen LogP contribution < -0.4 is 31.0 Å². The molecule has 0 radical (unpaired) electrons. The molecule has 2 aromatic rings. The number of carbonyl (C=O) groups excluding carboxylic acids is 1. The largest absolute Gasteiger partial charge is 0.497 e. The maximum Gasteiger partial charge on any atom is 0.334 e. The van der Waals surface area contributed by atoms with Crippen LogP contribution in [0.5, 0.6) is 11.5 Å². The van der Waals surface area contributed by atoms with Crippen molar-refractivity contribution in [2.45, 2.75) is 32.7 Å². The Bertz CT molecular complexity index is 975. The van der Waals surface area contributed by atoms with E-state index in [1.54, 1.807) is 14.2 Å². The van der Waals surface area contributed by atoms with Crippen LogP contribution in [0.2, 0.25) is 0 Å². The fraction of sp³-hybridized carbons (Fsp3) is 0.333. The Morgan fingerprint density at radius 2 is 1.84 bits per heavy atom. The fourth-order valence-corrected chi connectivity index (χ4v) is 3.26. The molecule has 0 unspecified atom stereocenters. The maximum absolute atomic E-state index is 12.4. The number of benzene rings is 2. The number of nitrogens with one attached hydrogen (secondary N) is 4. The van der Waals surface area contributed by atoms with Crippen LogP contribution in [-0.4, -0.2) is 31.9 Å². The molecule has 4 N–H and O–H groups in total. The van der Waals surface area contributed by atoms with Crippen LogP contribution in [0.4, 0.5) is 4.79 Å². The summed E-state index contributed by atoms with van der Waals surface area (Å²) < 4.78 is 10.6. The molecule has 2 aromatic carbocycles. The smallest absolute Gasteiger partial charge is 0.334 e. The molecule has 2 amide bonds. The quantitative estimate of drug-likeness (QED) is 0.356. The SMILES string of the molecule is C=C(C)c1cccc(C(C)(C)NC(=O)NNC(=S)NCCc2cc(OC)ccc2OC)c1. The molecule has 0 aromatic heterocycles. The predicted octanol–water partition coefficient (Wildman–Crippen LogP) is 3.89. The summed E-state index contributed by atoms with van der Waals surface area (Å²) in [7, 11) is 3.25. The van der Waals surface area contributed by atoms with Gasteiger partial charge in [0, 0.05) is 6.54 Å². The molecule has 172 valence electrons. The van der Waals surface area contributed by atoms with Crippen LogP contribution in [-0.2, 0) is 12.0 Å². The van der Waals surface area contributed by atoms with Gasteiger partial charge in [0.1, 0.15) is 11.5 Å². The summed E-state index contributed by atoms with van der Waals surface area (Å²) in [5.74, 6) is 1.54. The summed E-state index contributed by atoms with van der Waals surface area (Å²) in [6, 6.07) is 13.2. The molecule has 0 aliphatic carbocycles. The Labute approximate surface area is 195 Å². The van der Waals surface area contributed by atoms with E-state index in [0.29, 0.717) is 18.1 Å². The number of carbonyl (C=O) groups is 1. The van der Waals surface area contributed by atoms with Gasteiger partial charge in [-0.05, 0) is 80.4 Å². The number of allylic oxidation sites excluding steroid dienone is 1. The normalized spacial score (nSPS) is 10.7. The van der Waals surface area contributed by atoms with Crippen molar-refractivity contribution in [2.75, 3.05) is 20.8 Å². The molecule has 8 heteroatoms. The molecule has 0 saturated heterocycles. The molecule has 0 heterocycles. The third-order valence-corrected chi connectivity index (χ3v) is 5.21. The molecule has 7 nitrogen and oxygen atoms in total. The van der Waals surface area contributed by atoms with Crippen LogP contribution in [0.25, 0.3) is 5.57 Å². The Kier molecular flexibility index (Phi) is 8.90.